The summed E-state index contributed by atoms with van der Waals surface area (Å²) in [5, 5.41) is 11.8. The molecule has 0 atom stereocenters. The number of urea groups is 1. The maximum Gasteiger partial charge on any atom is 0.323 e. The highest BCUT2D eigenvalue weighted by molar-refractivity contribution is 6.31. The van der Waals surface area contributed by atoms with Gasteiger partial charge in [-0.05, 0) is 18.2 Å². The van der Waals surface area contributed by atoms with Crippen molar-refractivity contribution in [3.8, 4) is 5.75 Å². The second-order valence-corrected chi connectivity index (χ2v) is 4.27. The monoisotopic (exact) mass is 298 g/mol. The lowest BCUT2D eigenvalue weighted by Crippen LogP contribution is -2.38. The van der Waals surface area contributed by atoms with Gasteiger partial charge in [-0.15, -0.1) is 6.58 Å². The van der Waals surface area contributed by atoms with Crippen molar-refractivity contribution in [2.24, 2.45) is 0 Å². The van der Waals surface area contributed by atoms with E-state index in [2.05, 4.69) is 11.9 Å². The zero-order valence-corrected chi connectivity index (χ0v) is 11.7. The molecule has 7 heteroatoms. The molecule has 0 fully saturated rings. The van der Waals surface area contributed by atoms with Crippen LogP contribution < -0.4 is 10.1 Å². The average molecular weight is 299 g/mol. The second kappa shape index (κ2) is 7.40. The summed E-state index contributed by atoms with van der Waals surface area (Å²) in [5.74, 6) is -0.684. The molecule has 1 aromatic carbocycles. The molecule has 2 N–H and O–H groups in total. The van der Waals surface area contributed by atoms with Crippen LogP contribution in [0.5, 0.6) is 5.75 Å². The number of rotatable bonds is 6. The van der Waals surface area contributed by atoms with E-state index in [1.807, 2.05) is 0 Å². The smallest absolute Gasteiger partial charge is 0.323 e. The fraction of sp³-hybridized carbons (Fsp3) is 0.231. The minimum absolute atomic E-state index is 0.112. The van der Waals surface area contributed by atoms with Crippen LogP contribution in [0.4, 0.5) is 10.5 Å². The highest BCUT2D eigenvalue weighted by atomic mass is 35.5. The normalized spacial score (nSPS) is 9.70. The molecular formula is C13H15ClN2O4. The van der Waals surface area contributed by atoms with E-state index < -0.39 is 18.5 Å². The molecule has 0 bridgehead atoms. The number of anilines is 1. The van der Waals surface area contributed by atoms with Crippen LogP contribution in [0.2, 0.25) is 5.02 Å². The first kappa shape index (κ1) is 15.8. The quantitative estimate of drug-likeness (QED) is 0.791. The van der Waals surface area contributed by atoms with Crippen molar-refractivity contribution in [3.05, 3.63) is 35.9 Å². The third-order valence-electron chi connectivity index (χ3n) is 2.37. The molecule has 0 aliphatic heterocycles. The topological polar surface area (TPSA) is 78.9 Å². The van der Waals surface area contributed by atoms with Crippen LogP contribution in [0.15, 0.2) is 30.9 Å². The number of carbonyl (C=O) groups excluding carboxylic acids is 1. The van der Waals surface area contributed by atoms with E-state index in [-0.39, 0.29) is 6.54 Å². The molecule has 0 aliphatic rings. The van der Waals surface area contributed by atoms with Gasteiger partial charge in [0.25, 0.3) is 0 Å². The predicted octanol–water partition coefficient (Wildman–Crippen LogP) is 2.45. The number of nitrogens with zero attached hydrogens (tertiary/aromatic N) is 1. The molecule has 0 aliphatic carbocycles. The summed E-state index contributed by atoms with van der Waals surface area (Å²) in [7, 11) is 1.46. The van der Waals surface area contributed by atoms with E-state index in [4.69, 9.17) is 21.4 Å². The number of carboxylic acid groups (broad SMARTS) is 1. The van der Waals surface area contributed by atoms with Gasteiger partial charge in [-0.2, -0.15) is 0 Å². The summed E-state index contributed by atoms with van der Waals surface area (Å²) in [6.07, 6.45) is 1.44. The van der Waals surface area contributed by atoms with E-state index in [1.54, 1.807) is 12.1 Å². The Morgan fingerprint density at radius 2 is 2.25 bits per heavy atom. The lowest BCUT2D eigenvalue weighted by molar-refractivity contribution is -0.137. The zero-order chi connectivity index (χ0) is 15.1. The molecule has 0 heterocycles. The SMILES string of the molecule is C=CCN(CC(=O)O)C(=O)Nc1cc(Cl)ccc1OC. The number of nitrogens with one attached hydrogen (secondary N) is 1. The first-order valence-electron chi connectivity index (χ1n) is 5.70. The Bertz CT molecular complexity index is 519. The number of carboxylic acids is 1. The molecule has 6 nitrogen and oxygen atoms in total. The average Bonchev–Trinajstić information content (AvgIpc) is 2.38. The van der Waals surface area contributed by atoms with Crippen molar-refractivity contribution in [2.45, 2.75) is 0 Å². The highest BCUT2D eigenvalue weighted by Gasteiger charge is 2.17. The van der Waals surface area contributed by atoms with E-state index in [1.165, 1.54) is 19.3 Å². The van der Waals surface area contributed by atoms with Crippen LogP contribution in [0.25, 0.3) is 0 Å². The number of amides is 2. The molecule has 0 unspecified atom stereocenters. The number of benzene rings is 1. The van der Waals surface area contributed by atoms with Crippen molar-refractivity contribution in [2.75, 3.05) is 25.5 Å². The van der Waals surface area contributed by atoms with Crippen molar-refractivity contribution in [1.82, 2.24) is 4.90 Å². The van der Waals surface area contributed by atoms with Crippen LogP contribution in [-0.4, -0.2) is 42.2 Å². The Kier molecular flexibility index (Phi) is 5.86. The predicted molar refractivity (Wildman–Crippen MR) is 76.4 cm³/mol. The number of halogens is 1. The Balaban J connectivity index is 2.89. The van der Waals surface area contributed by atoms with Gasteiger partial charge in [-0.3, -0.25) is 4.79 Å². The van der Waals surface area contributed by atoms with Crippen molar-refractivity contribution in [3.63, 3.8) is 0 Å². The van der Waals surface area contributed by atoms with Gasteiger partial charge in [0.15, 0.2) is 0 Å². The number of ether oxygens (including phenoxy) is 1. The summed E-state index contributed by atoms with van der Waals surface area (Å²) in [6.45, 7) is 3.17. The van der Waals surface area contributed by atoms with Crippen molar-refractivity contribution >= 4 is 29.3 Å². The molecule has 0 radical (unpaired) electrons. The van der Waals surface area contributed by atoms with E-state index in [0.29, 0.717) is 16.5 Å². The van der Waals surface area contributed by atoms with E-state index in [0.717, 1.165) is 4.90 Å². The second-order valence-electron chi connectivity index (χ2n) is 3.84. The minimum atomic E-state index is -1.11. The van der Waals surface area contributed by atoms with Crippen LogP contribution in [0, 0.1) is 0 Å². The van der Waals surface area contributed by atoms with Gasteiger partial charge >= 0.3 is 12.0 Å². The van der Waals surface area contributed by atoms with E-state index >= 15 is 0 Å². The number of hydrogen-bond donors (Lipinski definition) is 2. The Labute approximate surface area is 121 Å². The first-order valence-corrected chi connectivity index (χ1v) is 6.08. The molecule has 108 valence electrons. The standard InChI is InChI=1S/C13H15ClN2O4/c1-3-6-16(8-12(17)18)13(19)15-10-7-9(14)4-5-11(10)20-2/h3-5,7H,1,6,8H2,2H3,(H,15,19)(H,17,18). The van der Waals surface area contributed by atoms with Crippen molar-refractivity contribution < 1.29 is 19.4 Å². The molecule has 1 aromatic rings. The van der Waals surface area contributed by atoms with Gasteiger partial charge in [-0.1, -0.05) is 17.7 Å². The van der Waals surface area contributed by atoms with E-state index in [9.17, 15) is 9.59 Å². The van der Waals surface area contributed by atoms with Crippen molar-refractivity contribution in [1.29, 1.82) is 0 Å². The van der Waals surface area contributed by atoms with Crippen LogP contribution in [0.3, 0.4) is 0 Å². The van der Waals surface area contributed by atoms with Gasteiger partial charge in [0.1, 0.15) is 12.3 Å². The number of aliphatic carboxylic acids is 1. The van der Waals surface area contributed by atoms with Gasteiger partial charge in [0.05, 0.1) is 12.8 Å². The molecule has 0 saturated heterocycles. The van der Waals surface area contributed by atoms with Gasteiger partial charge in [-0.25, -0.2) is 4.79 Å². The Morgan fingerprint density at radius 1 is 1.55 bits per heavy atom. The lowest BCUT2D eigenvalue weighted by atomic mass is 10.3. The third kappa shape index (κ3) is 4.47. The van der Waals surface area contributed by atoms with Crippen LogP contribution >= 0.6 is 11.6 Å². The maximum absolute atomic E-state index is 12.0. The maximum atomic E-state index is 12.0. The largest absolute Gasteiger partial charge is 0.495 e. The fourth-order valence-electron chi connectivity index (χ4n) is 1.51. The van der Waals surface area contributed by atoms with Gasteiger partial charge in [0, 0.05) is 11.6 Å². The molecule has 20 heavy (non-hydrogen) atoms. The zero-order valence-electron chi connectivity index (χ0n) is 10.9. The Morgan fingerprint density at radius 3 is 2.80 bits per heavy atom. The number of hydrogen-bond acceptors (Lipinski definition) is 3. The number of carbonyl (C=O) groups is 2. The first-order chi connectivity index (χ1) is 9.47. The molecule has 0 aromatic heterocycles. The highest BCUT2D eigenvalue weighted by Crippen LogP contribution is 2.27. The Hall–Kier alpha value is -2.21. The van der Waals surface area contributed by atoms with Crippen LogP contribution in [0.1, 0.15) is 0 Å². The fourth-order valence-corrected chi connectivity index (χ4v) is 1.68. The lowest BCUT2D eigenvalue weighted by Gasteiger charge is -2.20. The summed E-state index contributed by atoms with van der Waals surface area (Å²) in [4.78, 5) is 23.8. The molecule has 0 spiro atoms. The third-order valence-corrected chi connectivity index (χ3v) is 2.60. The summed E-state index contributed by atoms with van der Waals surface area (Å²) < 4.78 is 5.09. The molecule has 2 amide bonds. The minimum Gasteiger partial charge on any atom is -0.495 e. The molecular weight excluding hydrogens is 284 g/mol. The number of methoxy groups -OCH3 is 1. The van der Waals surface area contributed by atoms with Gasteiger partial charge in [0.2, 0.25) is 0 Å². The summed E-state index contributed by atoms with van der Waals surface area (Å²) in [5.41, 5.74) is 0.365. The molecule has 0 saturated carbocycles. The molecule has 1 rings (SSSR count). The van der Waals surface area contributed by atoms with Crippen LogP contribution in [-0.2, 0) is 4.79 Å². The summed E-state index contributed by atoms with van der Waals surface area (Å²) >= 11 is 5.85. The van der Waals surface area contributed by atoms with Gasteiger partial charge < -0.3 is 20.1 Å². The summed E-state index contributed by atoms with van der Waals surface area (Å²) in [6, 6.07) is 4.17.